The van der Waals surface area contributed by atoms with Gasteiger partial charge in [0, 0.05) is 10.6 Å². The van der Waals surface area contributed by atoms with Crippen LogP contribution in [0.15, 0.2) is 18.2 Å². The van der Waals surface area contributed by atoms with Gasteiger partial charge in [0.2, 0.25) is 5.91 Å². The molecule has 1 aromatic rings. The molecule has 19 heavy (non-hydrogen) atoms. The van der Waals surface area contributed by atoms with Crippen molar-refractivity contribution in [2.75, 3.05) is 0 Å². The number of nitrogens with two attached hydrogens (primary N) is 1. The molecule has 0 aliphatic heterocycles. The lowest BCUT2D eigenvalue weighted by atomic mass is 10.0. The van der Waals surface area contributed by atoms with Crippen LogP contribution in [0.4, 0.5) is 4.39 Å². The number of hydrogen-bond donors (Lipinski definition) is 2. The van der Waals surface area contributed by atoms with Gasteiger partial charge in [0.25, 0.3) is 0 Å². The Morgan fingerprint density at radius 3 is 2.63 bits per heavy atom. The number of carbonyl (C=O) groups is 1. The van der Waals surface area contributed by atoms with Crippen LogP contribution in [0.1, 0.15) is 19.4 Å². The lowest BCUT2D eigenvalue weighted by Gasteiger charge is -2.21. The average molecular weight is 303 g/mol. The maximum absolute atomic E-state index is 13.6. The van der Waals surface area contributed by atoms with Crippen molar-refractivity contribution in [3.63, 3.8) is 0 Å². The van der Waals surface area contributed by atoms with Crippen LogP contribution in [0.3, 0.4) is 0 Å². The average Bonchev–Trinajstić information content (AvgIpc) is 2.30. The maximum atomic E-state index is 13.6. The molecule has 1 atom stereocenters. The van der Waals surface area contributed by atoms with E-state index in [0.29, 0.717) is 0 Å². The standard InChI is InChI=1S/C13H16ClFN2OS/c1-7(2)12(13(16)19)17-11(18)6-8-9(14)4-3-5-10(8)15/h3-5,7,12H,6H2,1-2H3,(H2,16,19)(H,17,18). The molecule has 0 radical (unpaired) electrons. The highest BCUT2D eigenvalue weighted by Gasteiger charge is 2.20. The fourth-order valence-electron chi connectivity index (χ4n) is 1.65. The molecule has 0 saturated heterocycles. The van der Waals surface area contributed by atoms with E-state index in [0.717, 1.165) is 0 Å². The summed E-state index contributed by atoms with van der Waals surface area (Å²) in [6, 6.07) is 3.89. The first-order valence-corrected chi connectivity index (χ1v) is 6.63. The van der Waals surface area contributed by atoms with Crippen molar-refractivity contribution >= 4 is 34.7 Å². The summed E-state index contributed by atoms with van der Waals surface area (Å²) in [5, 5.41) is 2.92. The van der Waals surface area contributed by atoms with Crippen LogP contribution < -0.4 is 11.1 Å². The van der Waals surface area contributed by atoms with Crippen molar-refractivity contribution in [3.8, 4) is 0 Å². The Morgan fingerprint density at radius 1 is 1.53 bits per heavy atom. The number of benzene rings is 1. The van der Waals surface area contributed by atoms with Gasteiger partial charge in [0.05, 0.1) is 17.5 Å². The summed E-state index contributed by atoms with van der Waals surface area (Å²) in [4.78, 5) is 12.1. The third kappa shape index (κ3) is 4.44. The fourth-order valence-corrected chi connectivity index (χ4v) is 2.21. The fraction of sp³-hybridized carbons (Fsp3) is 0.385. The van der Waals surface area contributed by atoms with Gasteiger partial charge in [0.1, 0.15) is 5.82 Å². The van der Waals surface area contributed by atoms with E-state index >= 15 is 0 Å². The summed E-state index contributed by atoms with van der Waals surface area (Å²) < 4.78 is 13.6. The lowest BCUT2D eigenvalue weighted by Crippen LogP contribution is -2.47. The van der Waals surface area contributed by atoms with Gasteiger partial charge in [0.15, 0.2) is 0 Å². The van der Waals surface area contributed by atoms with E-state index in [9.17, 15) is 9.18 Å². The van der Waals surface area contributed by atoms with E-state index < -0.39 is 11.9 Å². The highest BCUT2D eigenvalue weighted by molar-refractivity contribution is 7.80. The minimum Gasteiger partial charge on any atom is -0.392 e. The minimum absolute atomic E-state index is 0.0672. The Balaban J connectivity index is 2.78. The zero-order valence-corrected chi connectivity index (χ0v) is 12.3. The molecule has 1 rings (SSSR count). The maximum Gasteiger partial charge on any atom is 0.225 e. The van der Waals surface area contributed by atoms with Crippen molar-refractivity contribution in [1.82, 2.24) is 5.32 Å². The second-order valence-electron chi connectivity index (χ2n) is 4.57. The summed E-state index contributed by atoms with van der Waals surface area (Å²) in [5.74, 6) is -0.796. The molecule has 0 saturated carbocycles. The van der Waals surface area contributed by atoms with Crippen molar-refractivity contribution in [1.29, 1.82) is 0 Å². The largest absolute Gasteiger partial charge is 0.392 e. The van der Waals surface area contributed by atoms with Gasteiger partial charge in [-0.1, -0.05) is 43.7 Å². The molecule has 3 nitrogen and oxygen atoms in total. The second kappa shape index (κ2) is 6.82. The monoisotopic (exact) mass is 302 g/mol. The van der Waals surface area contributed by atoms with Gasteiger partial charge >= 0.3 is 0 Å². The van der Waals surface area contributed by atoms with Crippen LogP contribution in [0.2, 0.25) is 5.02 Å². The van der Waals surface area contributed by atoms with Crippen molar-refractivity contribution in [3.05, 3.63) is 34.6 Å². The van der Waals surface area contributed by atoms with Gasteiger partial charge in [-0.25, -0.2) is 4.39 Å². The zero-order chi connectivity index (χ0) is 14.6. The normalized spacial score (nSPS) is 12.3. The lowest BCUT2D eigenvalue weighted by molar-refractivity contribution is -0.121. The SMILES string of the molecule is CC(C)C(NC(=O)Cc1c(F)cccc1Cl)C(N)=S. The Morgan fingerprint density at radius 2 is 2.16 bits per heavy atom. The number of halogens is 2. The number of thiocarbonyl (C=S) groups is 1. The molecule has 0 aliphatic rings. The Hall–Kier alpha value is -1.20. The molecular formula is C13H16ClFN2OS. The zero-order valence-electron chi connectivity index (χ0n) is 10.7. The van der Waals surface area contributed by atoms with Crippen molar-refractivity contribution in [2.45, 2.75) is 26.3 Å². The third-order valence-electron chi connectivity index (χ3n) is 2.69. The molecule has 104 valence electrons. The first kappa shape index (κ1) is 15.9. The highest BCUT2D eigenvalue weighted by atomic mass is 35.5. The minimum atomic E-state index is -0.501. The second-order valence-corrected chi connectivity index (χ2v) is 5.45. The molecule has 0 aliphatic carbocycles. The summed E-state index contributed by atoms with van der Waals surface area (Å²) >= 11 is 10.8. The van der Waals surface area contributed by atoms with Crippen LogP contribution in [0.25, 0.3) is 0 Å². The van der Waals surface area contributed by atoms with Crippen LogP contribution in [-0.4, -0.2) is 16.9 Å². The number of nitrogens with one attached hydrogen (secondary N) is 1. The predicted octanol–water partition coefficient (Wildman–Crippen LogP) is 2.45. The number of rotatable bonds is 5. The third-order valence-corrected chi connectivity index (χ3v) is 3.30. The molecular weight excluding hydrogens is 287 g/mol. The van der Waals surface area contributed by atoms with Crippen LogP contribution in [0, 0.1) is 11.7 Å². The van der Waals surface area contributed by atoms with Gasteiger partial charge in [-0.15, -0.1) is 0 Å². The molecule has 1 amide bonds. The Labute approximate surface area is 122 Å². The van der Waals surface area contributed by atoms with Gasteiger partial charge in [-0.3, -0.25) is 4.79 Å². The van der Waals surface area contributed by atoms with Crippen LogP contribution in [-0.2, 0) is 11.2 Å². The van der Waals surface area contributed by atoms with Gasteiger partial charge in [-0.05, 0) is 18.1 Å². The molecule has 0 bridgehead atoms. The molecule has 3 N–H and O–H groups in total. The number of hydrogen-bond acceptors (Lipinski definition) is 2. The van der Waals surface area contributed by atoms with E-state index in [4.69, 9.17) is 29.6 Å². The first-order valence-electron chi connectivity index (χ1n) is 5.84. The molecule has 0 spiro atoms. The van der Waals surface area contributed by atoms with Crippen LogP contribution in [0.5, 0.6) is 0 Å². The molecule has 0 fully saturated rings. The predicted molar refractivity (Wildman–Crippen MR) is 78.7 cm³/mol. The first-order chi connectivity index (χ1) is 8.82. The molecule has 0 heterocycles. The quantitative estimate of drug-likeness (QED) is 0.822. The van der Waals surface area contributed by atoms with E-state index in [2.05, 4.69) is 5.32 Å². The highest BCUT2D eigenvalue weighted by Crippen LogP contribution is 2.19. The van der Waals surface area contributed by atoms with Gasteiger partial charge in [-0.2, -0.15) is 0 Å². The summed E-state index contributed by atoms with van der Waals surface area (Å²) in [5.41, 5.74) is 5.73. The topological polar surface area (TPSA) is 55.1 Å². The molecule has 1 unspecified atom stereocenters. The van der Waals surface area contributed by atoms with Crippen molar-refractivity contribution < 1.29 is 9.18 Å². The molecule has 0 aromatic heterocycles. The number of carbonyl (C=O) groups excluding carboxylic acids is 1. The summed E-state index contributed by atoms with van der Waals surface area (Å²) in [6.07, 6.45) is -0.142. The smallest absolute Gasteiger partial charge is 0.225 e. The Bertz CT molecular complexity index is 473. The number of amides is 1. The van der Waals surface area contributed by atoms with E-state index in [1.807, 2.05) is 13.8 Å². The summed E-state index contributed by atoms with van der Waals surface area (Å²) in [6.45, 7) is 3.78. The van der Waals surface area contributed by atoms with Crippen molar-refractivity contribution in [2.24, 2.45) is 11.7 Å². The van der Waals surface area contributed by atoms with Crippen LogP contribution >= 0.6 is 23.8 Å². The van der Waals surface area contributed by atoms with E-state index in [-0.39, 0.29) is 33.8 Å². The Kier molecular flexibility index (Phi) is 5.69. The molecule has 1 aromatic carbocycles. The summed E-state index contributed by atoms with van der Waals surface area (Å²) in [7, 11) is 0. The van der Waals surface area contributed by atoms with Gasteiger partial charge < -0.3 is 11.1 Å². The molecule has 6 heteroatoms. The van der Waals surface area contributed by atoms with E-state index in [1.165, 1.54) is 12.1 Å². The van der Waals surface area contributed by atoms with E-state index in [1.54, 1.807) is 6.07 Å².